The van der Waals surface area contributed by atoms with Crippen LogP contribution >= 0.6 is 0 Å². The highest BCUT2D eigenvalue weighted by molar-refractivity contribution is 4.90. The van der Waals surface area contributed by atoms with Crippen molar-refractivity contribution in [2.24, 2.45) is 5.92 Å². The maximum atomic E-state index is 9.10. The van der Waals surface area contributed by atoms with Crippen molar-refractivity contribution in [1.82, 2.24) is 4.90 Å². The monoisotopic (exact) mass is 171 g/mol. The number of nitrogens with zero attached hydrogens (tertiary/aromatic N) is 1. The van der Waals surface area contributed by atoms with Crippen LogP contribution in [0.4, 0.5) is 0 Å². The SMILES string of the molecule is CCCC1CN(C(C)(C)CO)C1. The van der Waals surface area contributed by atoms with Gasteiger partial charge in [0.15, 0.2) is 0 Å². The van der Waals surface area contributed by atoms with Crippen molar-refractivity contribution in [3.05, 3.63) is 0 Å². The molecule has 1 saturated heterocycles. The number of aliphatic hydroxyl groups excluding tert-OH is 1. The molecule has 2 nitrogen and oxygen atoms in total. The van der Waals surface area contributed by atoms with Crippen molar-refractivity contribution >= 4 is 0 Å². The molecule has 0 atom stereocenters. The van der Waals surface area contributed by atoms with Crippen LogP contribution in [-0.2, 0) is 0 Å². The predicted molar refractivity (Wildman–Crippen MR) is 51.1 cm³/mol. The Hall–Kier alpha value is -0.0800. The highest BCUT2D eigenvalue weighted by Gasteiger charge is 2.35. The van der Waals surface area contributed by atoms with Gasteiger partial charge in [-0.15, -0.1) is 0 Å². The van der Waals surface area contributed by atoms with E-state index < -0.39 is 0 Å². The highest BCUT2D eigenvalue weighted by atomic mass is 16.3. The van der Waals surface area contributed by atoms with Gasteiger partial charge in [-0.05, 0) is 26.2 Å². The third kappa shape index (κ3) is 1.99. The van der Waals surface area contributed by atoms with Crippen molar-refractivity contribution in [2.75, 3.05) is 19.7 Å². The van der Waals surface area contributed by atoms with Gasteiger partial charge in [-0.25, -0.2) is 0 Å². The molecule has 0 aliphatic carbocycles. The van der Waals surface area contributed by atoms with Gasteiger partial charge in [0.1, 0.15) is 0 Å². The minimum atomic E-state index is 0.00421. The van der Waals surface area contributed by atoms with E-state index in [0.717, 1.165) is 5.92 Å². The number of hydrogen-bond acceptors (Lipinski definition) is 2. The molecule has 1 aliphatic rings. The fourth-order valence-electron chi connectivity index (χ4n) is 1.75. The first-order valence-corrected chi connectivity index (χ1v) is 4.96. The van der Waals surface area contributed by atoms with Gasteiger partial charge >= 0.3 is 0 Å². The smallest absolute Gasteiger partial charge is 0.0610 e. The van der Waals surface area contributed by atoms with Crippen LogP contribution in [-0.4, -0.2) is 35.2 Å². The summed E-state index contributed by atoms with van der Waals surface area (Å²) in [6, 6.07) is 0. The summed E-state index contributed by atoms with van der Waals surface area (Å²) in [5, 5.41) is 9.10. The molecule has 1 aliphatic heterocycles. The van der Waals surface area contributed by atoms with E-state index in [-0.39, 0.29) is 12.1 Å². The van der Waals surface area contributed by atoms with Crippen molar-refractivity contribution in [2.45, 2.75) is 39.2 Å². The van der Waals surface area contributed by atoms with Crippen molar-refractivity contribution < 1.29 is 5.11 Å². The lowest BCUT2D eigenvalue weighted by molar-refractivity contribution is -0.0286. The third-order valence-corrected chi connectivity index (χ3v) is 2.90. The quantitative estimate of drug-likeness (QED) is 0.692. The molecule has 72 valence electrons. The van der Waals surface area contributed by atoms with Gasteiger partial charge in [0.25, 0.3) is 0 Å². The van der Waals surface area contributed by atoms with E-state index in [1.54, 1.807) is 0 Å². The number of rotatable bonds is 4. The van der Waals surface area contributed by atoms with E-state index in [9.17, 15) is 0 Å². The van der Waals surface area contributed by atoms with E-state index in [1.165, 1.54) is 25.9 Å². The van der Waals surface area contributed by atoms with E-state index in [4.69, 9.17) is 5.11 Å². The molecular weight excluding hydrogens is 150 g/mol. The fraction of sp³-hybridized carbons (Fsp3) is 1.00. The van der Waals surface area contributed by atoms with Crippen LogP contribution in [0.2, 0.25) is 0 Å². The minimum Gasteiger partial charge on any atom is -0.394 e. The molecule has 2 heteroatoms. The molecule has 1 fully saturated rings. The lowest BCUT2D eigenvalue weighted by Crippen LogP contribution is -2.58. The van der Waals surface area contributed by atoms with E-state index in [0.29, 0.717) is 0 Å². The normalized spacial score (nSPS) is 21.0. The Kier molecular flexibility index (Phi) is 3.13. The molecule has 12 heavy (non-hydrogen) atoms. The first kappa shape index (κ1) is 10.0. The second-order valence-electron chi connectivity index (χ2n) is 4.53. The molecule has 1 N–H and O–H groups in total. The molecule has 0 spiro atoms. The molecule has 0 radical (unpaired) electrons. The number of aliphatic hydroxyl groups is 1. The molecule has 0 bridgehead atoms. The van der Waals surface area contributed by atoms with Gasteiger partial charge in [-0.3, -0.25) is 4.90 Å². The van der Waals surface area contributed by atoms with Gasteiger partial charge < -0.3 is 5.11 Å². The Morgan fingerprint density at radius 1 is 1.42 bits per heavy atom. The van der Waals surface area contributed by atoms with Crippen LogP contribution in [0, 0.1) is 5.92 Å². The first-order chi connectivity index (χ1) is 5.60. The van der Waals surface area contributed by atoms with Gasteiger partial charge in [-0.1, -0.05) is 13.3 Å². The predicted octanol–water partition coefficient (Wildman–Crippen LogP) is 1.49. The molecule has 1 heterocycles. The fourth-order valence-corrected chi connectivity index (χ4v) is 1.75. The molecule has 0 aromatic carbocycles. The van der Waals surface area contributed by atoms with E-state index in [2.05, 4.69) is 25.7 Å². The first-order valence-electron chi connectivity index (χ1n) is 4.96. The summed E-state index contributed by atoms with van der Waals surface area (Å²) >= 11 is 0. The maximum absolute atomic E-state index is 9.10. The molecule has 0 aromatic rings. The summed E-state index contributed by atoms with van der Waals surface area (Å²) in [6.07, 6.45) is 2.63. The molecule has 0 saturated carbocycles. The van der Waals surface area contributed by atoms with Gasteiger partial charge in [-0.2, -0.15) is 0 Å². The average Bonchev–Trinajstić information content (AvgIpc) is 1.95. The summed E-state index contributed by atoms with van der Waals surface area (Å²) in [4.78, 5) is 2.37. The average molecular weight is 171 g/mol. The molecule has 0 unspecified atom stereocenters. The van der Waals surface area contributed by atoms with Gasteiger partial charge in [0.05, 0.1) is 6.61 Å². The Bertz CT molecular complexity index is 139. The summed E-state index contributed by atoms with van der Waals surface area (Å²) in [5.41, 5.74) is 0.00421. The van der Waals surface area contributed by atoms with Crippen LogP contribution in [0.25, 0.3) is 0 Å². The second kappa shape index (κ2) is 3.75. The summed E-state index contributed by atoms with van der Waals surface area (Å²) in [5.74, 6) is 0.890. The zero-order chi connectivity index (χ0) is 9.19. The summed E-state index contributed by atoms with van der Waals surface area (Å²) < 4.78 is 0. The van der Waals surface area contributed by atoms with Crippen molar-refractivity contribution in [1.29, 1.82) is 0 Å². The molecular formula is C10H21NO. The minimum absolute atomic E-state index is 0.00421. The number of hydrogen-bond donors (Lipinski definition) is 1. The maximum Gasteiger partial charge on any atom is 0.0610 e. The van der Waals surface area contributed by atoms with E-state index >= 15 is 0 Å². The highest BCUT2D eigenvalue weighted by Crippen LogP contribution is 2.27. The molecule has 0 amide bonds. The Morgan fingerprint density at radius 2 is 2.00 bits per heavy atom. The molecule has 1 rings (SSSR count). The Morgan fingerprint density at radius 3 is 2.42 bits per heavy atom. The Balaban J connectivity index is 2.24. The van der Waals surface area contributed by atoms with Crippen LogP contribution in [0.15, 0.2) is 0 Å². The van der Waals surface area contributed by atoms with Crippen LogP contribution in [0.1, 0.15) is 33.6 Å². The molecule has 0 aromatic heterocycles. The van der Waals surface area contributed by atoms with E-state index in [1.807, 2.05) is 0 Å². The summed E-state index contributed by atoms with van der Waals surface area (Å²) in [7, 11) is 0. The van der Waals surface area contributed by atoms with Crippen LogP contribution in [0.5, 0.6) is 0 Å². The second-order valence-corrected chi connectivity index (χ2v) is 4.53. The zero-order valence-electron chi connectivity index (χ0n) is 8.51. The van der Waals surface area contributed by atoms with Gasteiger partial charge in [0.2, 0.25) is 0 Å². The lowest BCUT2D eigenvalue weighted by Gasteiger charge is -2.48. The standard InChI is InChI=1S/C10H21NO/c1-4-5-9-6-11(7-9)10(2,3)8-12/h9,12H,4-8H2,1-3H3. The van der Waals surface area contributed by atoms with Gasteiger partial charge in [0, 0.05) is 18.6 Å². The number of likely N-dealkylation sites (tertiary alicyclic amines) is 1. The third-order valence-electron chi connectivity index (χ3n) is 2.90. The van der Waals surface area contributed by atoms with Crippen molar-refractivity contribution in [3.63, 3.8) is 0 Å². The zero-order valence-corrected chi connectivity index (χ0v) is 8.51. The summed E-state index contributed by atoms with van der Waals surface area (Å²) in [6.45, 7) is 9.08. The van der Waals surface area contributed by atoms with Crippen LogP contribution < -0.4 is 0 Å². The topological polar surface area (TPSA) is 23.5 Å². The van der Waals surface area contributed by atoms with Crippen molar-refractivity contribution in [3.8, 4) is 0 Å². The largest absolute Gasteiger partial charge is 0.394 e. The van der Waals surface area contributed by atoms with Crippen LogP contribution in [0.3, 0.4) is 0 Å². The lowest BCUT2D eigenvalue weighted by atomic mass is 9.89. The Labute approximate surface area is 75.6 Å².